The number of benzene rings is 1. The summed E-state index contributed by atoms with van der Waals surface area (Å²) < 4.78 is 80.2. The van der Waals surface area contributed by atoms with E-state index >= 15 is 0 Å². The maximum absolute atomic E-state index is 14.3. The Balaban J connectivity index is 1.03. The van der Waals surface area contributed by atoms with E-state index in [1.165, 1.54) is 18.6 Å². The fourth-order valence-electron chi connectivity index (χ4n) is 6.81. The van der Waals surface area contributed by atoms with Crippen molar-refractivity contribution in [3.63, 3.8) is 0 Å². The number of aromatic nitrogens is 2. The van der Waals surface area contributed by atoms with Crippen molar-refractivity contribution < 1.29 is 35.9 Å². The average molecular weight is 681 g/mol. The highest BCUT2D eigenvalue weighted by Gasteiger charge is 2.46. The number of anilines is 1. The number of likely N-dealkylation sites (tertiary alicyclic amines) is 1. The summed E-state index contributed by atoms with van der Waals surface area (Å²) in [4.78, 5) is 27.4. The van der Waals surface area contributed by atoms with E-state index in [2.05, 4.69) is 24.5 Å². The van der Waals surface area contributed by atoms with Crippen LogP contribution in [0.2, 0.25) is 0 Å². The van der Waals surface area contributed by atoms with Gasteiger partial charge in [0.05, 0.1) is 36.3 Å². The van der Waals surface area contributed by atoms with E-state index in [1.54, 1.807) is 13.8 Å². The zero-order valence-corrected chi connectivity index (χ0v) is 27.6. The van der Waals surface area contributed by atoms with E-state index < -0.39 is 40.8 Å². The van der Waals surface area contributed by atoms with Gasteiger partial charge in [0.2, 0.25) is 10.0 Å². The van der Waals surface area contributed by atoms with Gasteiger partial charge in [0.25, 0.3) is 12.3 Å². The maximum Gasteiger partial charge on any atom is 0.258 e. The van der Waals surface area contributed by atoms with E-state index in [4.69, 9.17) is 9.47 Å². The van der Waals surface area contributed by atoms with Crippen LogP contribution in [-0.4, -0.2) is 110 Å². The standard InChI is InChI=1S/C32H43F3N6O5S/c1-21(2)41(16-29(34)35)31(42)26-13-22(33)3-8-27(26)46-28-14-36-20-37-30(28)40-18-32(19-40)9-11-39(12-10-32)15-24-5-4-23(17-45-24)38-47(43,44)25-6-7-25/h3,8,13-14,20-21,23-25,29,38H,4-7,9-12,15-19H2,1-2H3/t23-,24+/m1/s1. The molecule has 2 atom stereocenters. The molecule has 1 saturated carbocycles. The molecule has 11 nitrogen and oxygen atoms in total. The summed E-state index contributed by atoms with van der Waals surface area (Å²) in [5.41, 5.74) is -0.0267. The van der Waals surface area contributed by atoms with Crippen molar-refractivity contribution in [3.8, 4) is 11.5 Å². The lowest BCUT2D eigenvalue weighted by molar-refractivity contribution is -0.0299. The minimum absolute atomic E-state index is 0.0347. The van der Waals surface area contributed by atoms with Gasteiger partial charge in [-0.1, -0.05) is 0 Å². The number of piperidine rings is 1. The summed E-state index contributed by atoms with van der Waals surface area (Å²) in [6, 6.07) is 2.79. The van der Waals surface area contributed by atoms with Crippen LogP contribution in [0.1, 0.15) is 62.7 Å². The van der Waals surface area contributed by atoms with Gasteiger partial charge in [-0.05, 0) is 83.7 Å². The number of nitrogens with zero attached hydrogens (tertiary/aromatic N) is 5. The molecule has 3 saturated heterocycles. The highest BCUT2D eigenvalue weighted by atomic mass is 32.2. The molecular formula is C32H43F3N6O5S. The number of ether oxygens (including phenoxy) is 2. The van der Waals surface area contributed by atoms with E-state index in [9.17, 15) is 26.4 Å². The molecule has 1 aromatic heterocycles. The average Bonchev–Trinajstić information content (AvgIpc) is 3.88. The first-order chi connectivity index (χ1) is 22.4. The Morgan fingerprint density at radius 2 is 1.89 bits per heavy atom. The first kappa shape index (κ1) is 33.9. The molecule has 258 valence electrons. The van der Waals surface area contributed by atoms with Gasteiger partial charge < -0.3 is 24.2 Å². The fourth-order valence-corrected chi connectivity index (χ4v) is 8.41. The van der Waals surface area contributed by atoms with Crippen molar-refractivity contribution in [1.82, 2.24) is 24.5 Å². The quantitative estimate of drug-likeness (QED) is 0.355. The molecule has 1 aliphatic carbocycles. The zero-order valence-electron chi connectivity index (χ0n) is 26.8. The number of hydrogen-bond acceptors (Lipinski definition) is 9. The molecule has 0 radical (unpaired) electrons. The minimum Gasteiger partial charge on any atom is -0.451 e. The fraction of sp³-hybridized carbons (Fsp3) is 0.656. The number of amides is 1. The summed E-state index contributed by atoms with van der Waals surface area (Å²) in [7, 11) is -3.21. The van der Waals surface area contributed by atoms with Gasteiger partial charge in [-0.25, -0.2) is 36.3 Å². The molecule has 1 aromatic carbocycles. The Hall–Kier alpha value is -3.01. The second-order valence-electron chi connectivity index (χ2n) is 13.6. The van der Waals surface area contributed by atoms with Crippen LogP contribution in [0.5, 0.6) is 11.5 Å². The number of carbonyl (C=O) groups excluding carboxylic acids is 1. The van der Waals surface area contributed by atoms with E-state index in [1.807, 2.05) is 0 Å². The number of rotatable bonds is 12. The number of sulfonamides is 1. The van der Waals surface area contributed by atoms with Crippen LogP contribution >= 0.6 is 0 Å². The molecule has 47 heavy (non-hydrogen) atoms. The molecule has 2 aromatic rings. The molecule has 1 amide bonds. The third-order valence-electron chi connectivity index (χ3n) is 9.66. The molecule has 15 heteroatoms. The number of halogens is 3. The first-order valence-electron chi connectivity index (χ1n) is 16.4. The molecule has 3 aliphatic heterocycles. The second-order valence-corrected chi connectivity index (χ2v) is 15.6. The van der Waals surface area contributed by atoms with Gasteiger partial charge in [-0.2, -0.15) is 0 Å². The number of hydrogen-bond donors (Lipinski definition) is 1. The first-order valence-corrected chi connectivity index (χ1v) is 17.9. The third-order valence-corrected chi connectivity index (χ3v) is 11.7. The Morgan fingerprint density at radius 3 is 2.53 bits per heavy atom. The highest BCUT2D eigenvalue weighted by Crippen LogP contribution is 2.45. The largest absolute Gasteiger partial charge is 0.451 e. The Labute approximate surface area is 273 Å². The van der Waals surface area contributed by atoms with Crippen LogP contribution in [0, 0.1) is 11.2 Å². The predicted molar refractivity (Wildman–Crippen MR) is 169 cm³/mol. The molecule has 1 spiro atoms. The SMILES string of the molecule is CC(C)N(CC(F)F)C(=O)c1cc(F)ccc1Oc1cncnc1N1CC2(CCN(C[C@@H]3CC[C@@H](NS(=O)(=O)C4CC4)CO3)CC2)C1. The van der Waals surface area contributed by atoms with Crippen LogP contribution in [0.4, 0.5) is 19.0 Å². The molecule has 4 fully saturated rings. The smallest absolute Gasteiger partial charge is 0.258 e. The molecule has 4 heterocycles. The maximum atomic E-state index is 14.3. The summed E-state index contributed by atoms with van der Waals surface area (Å²) in [6.45, 7) is 7.10. The van der Waals surface area contributed by atoms with Crippen molar-refractivity contribution in [2.75, 3.05) is 50.8 Å². The van der Waals surface area contributed by atoms with Crippen LogP contribution in [0.25, 0.3) is 0 Å². The van der Waals surface area contributed by atoms with Gasteiger partial charge in [-0.15, -0.1) is 0 Å². The zero-order chi connectivity index (χ0) is 33.3. The number of nitrogens with one attached hydrogen (secondary N) is 1. The van der Waals surface area contributed by atoms with Crippen molar-refractivity contribution in [3.05, 3.63) is 42.1 Å². The molecule has 6 rings (SSSR count). The van der Waals surface area contributed by atoms with Crippen molar-refractivity contribution in [2.45, 2.75) is 82.2 Å². The lowest BCUT2D eigenvalue weighted by Crippen LogP contribution is -2.61. The van der Waals surface area contributed by atoms with Gasteiger partial charge >= 0.3 is 0 Å². The second kappa shape index (κ2) is 13.8. The van der Waals surface area contributed by atoms with Crippen molar-refractivity contribution in [2.24, 2.45) is 5.41 Å². The summed E-state index contributed by atoms with van der Waals surface area (Å²) in [6.07, 6.45) is 5.37. The van der Waals surface area contributed by atoms with Gasteiger partial charge in [0.15, 0.2) is 11.6 Å². The molecule has 0 unspecified atom stereocenters. The van der Waals surface area contributed by atoms with Gasteiger partial charge in [0.1, 0.15) is 17.9 Å². The lowest BCUT2D eigenvalue weighted by atomic mass is 9.72. The van der Waals surface area contributed by atoms with Gasteiger partial charge in [-0.3, -0.25) is 4.79 Å². The normalized spacial score (nSPS) is 23.3. The molecular weight excluding hydrogens is 637 g/mol. The van der Waals surface area contributed by atoms with Crippen LogP contribution in [-0.2, 0) is 14.8 Å². The topological polar surface area (TPSA) is 117 Å². The summed E-state index contributed by atoms with van der Waals surface area (Å²) in [5.74, 6) is -0.561. The minimum atomic E-state index is -3.21. The van der Waals surface area contributed by atoms with E-state index in [-0.39, 0.29) is 39.9 Å². The monoisotopic (exact) mass is 680 g/mol. The van der Waals surface area contributed by atoms with Crippen LogP contribution in [0.15, 0.2) is 30.7 Å². The highest BCUT2D eigenvalue weighted by molar-refractivity contribution is 7.90. The summed E-state index contributed by atoms with van der Waals surface area (Å²) in [5, 5.41) is -0.224. The summed E-state index contributed by atoms with van der Waals surface area (Å²) >= 11 is 0. The predicted octanol–water partition coefficient (Wildman–Crippen LogP) is 4.06. The Bertz CT molecular complexity index is 1520. The third kappa shape index (κ3) is 8.01. The molecule has 0 bridgehead atoms. The van der Waals surface area contributed by atoms with E-state index in [0.717, 1.165) is 88.3 Å². The number of carbonyl (C=O) groups is 1. The van der Waals surface area contributed by atoms with Crippen molar-refractivity contribution >= 4 is 21.7 Å². The lowest BCUT2D eigenvalue weighted by Gasteiger charge is -2.54. The van der Waals surface area contributed by atoms with Crippen LogP contribution < -0.4 is 14.4 Å². The van der Waals surface area contributed by atoms with Crippen molar-refractivity contribution in [1.29, 1.82) is 0 Å². The van der Waals surface area contributed by atoms with E-state index in [0.29, 0.717) is 12.4 Å². The molecule has 1 N–H and O–H groups in total. The molecule has 4 aliphatic rings. The Kier molecular flexibility index (Phi) is 9.98. The van der Waals surface area contributed by atoms with Crippen LogP contribution in [0.3, 0.4) is 0 Å². The number of alkyl halides is 2. The van der Waals surface area contributed by atoms with Gasteiger partial charge in [0, 0.05) is 37.1 Å². The Morgan fingerprint density at radius 1 is 1.15 bits per heavy atom.